The number of anilines is 1. The van der Waals surface area contributed by atoms with Crippen molar-refractivity contribution in [1.29, 1.82) is 5.26 Å². The van der Waals surface area contributed by atoms with Crippen molar-refractivity contribution >= 4 is 57.1 Å². The number of hydrogen-bond donors (Lipinski definition) is 1. The van der Waals surface area contributed by atoms with E-state index in [0.717, 1.165) is 40.8 Å². The Labute approximate surface area is 235 Å². The maximum Gasteiger partial charge on any atom is 0.279 e. The number of nitriles is 1. The van der Waals surface area contributed by atoms with Crippen molar-refractivity contribution in [3.8, 4) is 6.19 Å². The van der Waals surface area contributed by atoms with E-state index in [4.69, 9.17) is 16.9 Å². The van der Waals surface area contributed by atoms with Crippen LogP contribution >= 0.6 is 35.1 Å². The summed E-state index contributed by atoms with van der Waals surface area (Å²) in [4.78, 5) is 27.5. The summed E-state index contributed by atoms with van der Waals surface area (Å²) in [5.41, 5.74) is 5.08. The zero-order valence-corrected chi connectivity index (χ0v) is 23.3. The lowest BCUT2D eigenvalue weighted by molar-refractivity contribution is -0.129. The van der Waals surface area contributed by atoms with Crippen molar-refractivity contribution in [3.05, 3.63) is 95.3 Å². The molecule has 1 saturated heterocycles. The quantitative estimate of drug-likeness (QED) is 0.318. The maximum absolute atomic E-state index is 12.9. The number of nitrogens with zero attached hydrogens (tertiary/aromatic N) is 6. The van der Waals surface area contributed by atoms with Gasteiger partial charge in [0.1, 0.15) is 5.15 Å². The Morgan fingerprint density at radius 3 is 2.50 bits per heavy atom. The fourth-order valence-corrected chi connectivity index (χ4v) is 5.50. The predicted octanol–water partition coefficient (Wildman–Crippen LogP) is 5.61. The first kappa shape index (κ1) is 27.5. The zero-order valence-electron chi connectivity index (χ0n) is 20.9. The van der Waals surface area contributed by atoms with Crippen LogP contribution in [0.25, 0.3) is 0 Å². The van der Waals surface area contributed by atoms with Gasteiger partial charge < -0.3 is 4.90 Å². The molecule has 1 N–H and O–H groups in total. The van der Waals surface area contributed by atoms with Crippen molar-refractivity contribution in [1.82, 2.24) is 14.9 Å². The summed E-state index contributed by atoms with van der Waals surface area (Å²) in [6.45, 7) is 3.49. The Bertz CT molecular complexity index is 1350. The van der Waals surface area contributed by atoms with E-state index in [1.165, 1.54) is 16.8 Å². The van der Waals surface area contributed by atoms with Crippen LogP contribution in [0.4, 0.5) is 5.69 Å². The summed E-state index contributed by atoms with van der Waals surface area (Å²) in [6, 6.07) is 23.0. The highest BCUT2D eigenvalue weighted by molar-refractivity contribution is 8.14. The van der Waals surface area contributed by atoms with Gasteiger partial charge in [0.25, 0.3) is 5.91 Å². The van der Waals surface area contributed by atoms with Crippen LogP contribution in [0.3, 0.4) is 0 Å². The molecule has 0 unspecified atom stereocenters. The van der Waals surface area contributed by atoms with E-state index in [1.54, 1.807) is 24.0 Å². The average molecular weight is 564 g/mol. The lowest BCUT2D eigenvalue weighted by Crippen LogP contribution is -2.42. The Balaban J connectivity index is 0.000000186. The minimum Gasteiger partial charge on any atom is -0.345 e. The molecule has 194 valence electrons. The van der Waals surface area contributed by atoms with Gasteiger partial charge in [-0.1, -0.05) is 89.7 Å². The maximum atomic E-state index is 12.9. The zero-order chi connectivity index (χ0) is 27.0. The molecule has 1 fully saturated rings. The van der Waals surface area contributed by atoms with Gasteiger partial charge in [0.15, 0.2) is 15.9 Å². The van der Waals surface area contributed by atoms with Crippen molar-refractivity contribution in [2.75, 3.05) is 24.0 Å². The van der Waals surface area contributed by atoms with Crippen LogP contribution in [0.5, 0.6) is 0 Å². The third-order valence-corrected chi connectivity index (χ3v) is 7.69. The smallest absolute Gasteiger partial charge is 0.279 e. The van der Waals surface area contributed by atoms with E-state index in [9.17, 15) is 4.79 Å². The molecule has 38 heavy (non-hydrogen) atoms. The highest BCUT2D eigenvalue weighted by atomic mass is 35.5. The summed E-state index contributed by atoms with van der Waals surface area (Å²) >= 11 is 8.77. The monoisotopic (exact) mass is 563 g/mol. The molecule has 1 atom stereocenters. The number of benzene rings is 2. The molecule has 0 aliphatic carbocycles. The van der Waals surface area contributed by atoms with Crippen LogP contribution in [0.1, 0.15) is 18.1 Å². The lowest BCUT2D eigenvalue weighted by Gasteiger charge is -2.23. The number of pyridine rings is 1. The molecule has 1 amide bonds. The Morgan fingerprint density at radius 1 is 1.16 bits per heavy atom. The van der Waals surface area contributed by atoms with Gasteiger partial charge in [-0.25, -0.2) is 9.98 Å². The van der Waals surface area contributed by atoms with Crippen LogP contribution in [0.15, 0.2) is 89.0 Å². The number of amides is 1. The van der Waals surface area contributed by atoms with Crippen LogP contribution in [-0.4, -0.2) is 49.7 Å². The Hall–Kier alpha value is -3.52. The molecular weight excluding hydrogens is 538 g/mol. The second kappa shape index (κ2) is 12.8. The molecule has 11 heteroatoms. The van der Waals surface area contributed by atoms with Gasteiger partial charge >= 0.3 is 0 Å². The molecule has 1 aromatic heterocycles. The number of aliphatic imine (C=N–C) groups is 2. The van der Waals surface area contributed by atoms with Gasteiger partial charge in [0.05, 0.1) is 5.69 Å². The first-order chi connectivity index (χ1) is 18.4. The molecule has 0 spiro atoms. The number of amidine groups is 2. The fourth-order valence-electron chi connectivity index (χ4n) is 3.87. The normalized spacial score (nSPS) is 19.6. The third kappa shape index (κ3) is 6.48. The molecular formula is C27H26ClN7OS2. The number of hydrazine groups is 1. The topological polar surface area (TPSA) is 97.0 Å². The van der Waals surface area contributed by atoms with Gasteiger partial charge in [0.2, 0.25) is 6.19 Å². The summed E-state index contributed by atoms with van der Waals surface area (Å²) in [5.74, 6) is 0.897. The molecule has 0 radical (unpaired) electrons. The van der Waals surface area contributed by atoms with Gasteiger partial charge in [-0.05, 0) is 42.5 Å². The van der Waals surface area contributed by atoms with Crippen molar-refractivity contribution in [3.63, 3.8) is 0 Å². The number of thioether (sulfide) groups is 2. The van der Waals surface area contributed by atoms with E-state index in [1.807, 2.05) is 86.1 Å². The number of nitrogens with one attached hydrogen (secondary N) is 1. The Morgan fingerprint density at radius 2 is 1.87 bits per heavy atom. The van der Waals surface area contributed by atoms with Gasteiger partial charge in [-0.3, -0.25) is 10.2 Å². The van der Waals surface area contributed by atoms with Gasteiger partial charge in [0, 0.05) is 25.0 Å². The highest BCUT2D eigenvalue weighted by Crippen LogP contribution is 2.35. The molecule has 3 heterocycles. The van der Waals surface area contributed by atoms with Crippen LogP contribution < -0.4 is 5.43 Å². The molecule has 0 bridgehead atoms. The number of carbonyl (C=O) groups is 1. The minimum absolute atomic E-state index is 0.0769. The molecule has 5 rings (SSSR count). The van der Waals surface area contributed by atoms with E-state index in [-0.39, 0.29) is 5.91 Å². The van der Waals surface area contributed by atoms with Crippen LogP contribution in [0.2, 0.25) is 5.15 Å². The lowest BCUT2D eigenvalue weighted by atomic mass is 9.92. The molecule has 2 aliphatic heterocycles. The number of hydrogen-bond acceptors (Lipinski definition) is 8. The second-order valence-electron chi connectivity index (χ2n) is 8.41. The average Bonchev–Trinajstić information content (AvgIpc) is 3.49. The summed E-state index contributed by atoms with van der Waals surface area (Å²) in [5, 5.41) is 12.0. The summed E-state index contributed by atoms with van der Waals surface area (Å²) < 4.78 is 0. The standard InChI is InChI=1S/C17H17N3OS.C10H9ClN4S/c1-17(13-9-5-3-6-10-13)15(21)20(16(18-17)22-2)19-14-11-7-4-8-12-14;11-9-2-1-8(5-13-9)6-15-3-4-16-10(15)14-7-12/h3-12,19H,1-2H3;1-2,5H,3-4,6H2/b;14-10-/t17-;/m0./s1. The number of carbonyl (C=O) groups excluding carboxylic acids is 1. The highest BCUT2D eigenvalue weighted by Gasteiger charge is 2.46. The summed E-state index contributed by atoms with van der Waals surface area (Å²) in [7, 11) is 0. The largest absolute Gasteiger partial charge is 0.345 e. The number of aromatic nitrogens is 1. The summed E-state index contributed by atoms with van der Waals surface area (Å²) in [6.07, 6.45) is 5.49. The van der Waals surface area contributed by atoms with Crippen molar-refractivity contribution < 1.29 is 4.79 Å². The number of rotatable bonds is 5. The minimum atomic E-state index is -0.888. The molecule has 2 aromatic carbocycles. The van der Waals surface area contributed by atoms with Crippen LogP contribution in [0, 0.1) is 11.5 Å². The first-order valence-corrected chi connectivity index (χ1v) is 14.3. The van der Waals surface area contributed by atoms with Gasteiger partial charge in [-0.2, -0.15) is 10.3 Å². The van der Waals surface area contributed by atoms with Crippen molar-refractivity contribution in [2.24, 2.45) is 9.98 Å². The Kier molecular flexibility index (Phi) is 9.29. The first-order valence-electron chi connectivity index (χ1n) is 11.7. The third-order valence-electron chi connectivity index (χ3n) is 5.83. The van der Waals surface area contributed by atoms with E-state index in [0.29, 0.717) is 10.3 Å². The van der Waals surface area contributed by atoms with E-state index < -0.39 is 5.54 Å². The fraction of sp³-hybridized carbons (Fsp3) is 0.222. The molecule has 0 saturated carbocycles. The SMILES string of the molecule is CSC1=N[C@@](C)(c2ccccc2)C(=O)N1Nc1ccccc1.N#C/N=C1\SCCN1Cc1ccc(Cl)nc1. The predicted molar refractivity (Wildman–Crippen MR) is 157 cm³/mol. The second-order valence-corrected chi connectivity index (χ2v) is 10.6. The number of para-hydroxylation sites is 1. The van der Waals surface area contributed by atoms with Crippen molar-refractivity contribution in [2.45, 2.75) is 19.0 Å². The number of halogens is 1. The molecule has 3 aromatic rings. The van der Waals surface area contributed by atoms with E-state index >= 15 is 0 Å². The molecule has 8 nitrogen and oxygen atoms in total. The molecule has 2 aliphatic rings. The van der Waals surface area contributed by atoms with E-state index in [2.05, 4.69) is 25.3 Å². The van der Waals surface area contributed by atoms with Crippen LogP contribution in [-0.2, 0) is 16.9 Å². The van der Waals surface area contributed by atoms with Gasteiger partial charge in [-0.15, -0.1) is 4.99 Å².